The zero-order valence-electron chi connectivity index (χ0n) is 7.57. The molecule has 0 atom stereocenters. The normalized spacial score (nSPS) is 13.2. The number of carbonyl (C=O) groups is 1. The Kier molecular flexibility index (Phi) is 3.12. The predicted octanol–water partition coefficient (Wildman–Crippen LogP) is -2.52. The van der Waals surface area contributed by atoms with Crippen molar-refractivity contribution in [2.24, 2.45) is 0 Å². The van der Waals surface area contributed by atoms with E-state index in [9.17, 15) is 9.90 Å². The Hall–Kier alpha value is -1.08. The van der Waals surface area contributed by atoms with Crippen LogP contribution in [0.2, 0.25) is 0 Å². The molecule has 1 aromatic rings. The van der Waals surface area contributed by atoms with E-state index in [-0.39, 0.29) is 35.1 Å². The molecule has 0 N–H and O–H groups in total. The molecule has 3 nitrogen and oxygen atoms in total. The molecule has 0 bridgehead atoms. The quantitative estimate of drug-likeness (QED) is 0.427. The van der Waals surface area contributed by atoms with Gasteiger partial charge in [-0.2, -0.15) is 5.26 Å². The number of benzene rings is 1. The van der Waals surface area contributed by atoms with Crippen LogP contribution in [0.15, 0.2) is 29.8 Å². The molecule has 0 saturated carbocycles. The van der Waals surface area contributed by atoms with Gasteiger partial charge in [-0.05, 0) is 5.56 Å². The van der Waals surface area contributed by atoms with Gasteiger partial charge >= 0.3 is 29.6 Å². The van der Waals surface area contributed by atoms with E-state index in [1.165, 1.54) is 0 Å². The van der Waals surface area contributed by atoms with Gasteiger partial charge in [0, 0.05) is 5.56 Å². The third kappa shape index (κ3) is 1.38. The molecule has 0 fully saturated rings. The number of nitrogens with zero attached hydrogens (tertiary/aromatic N) is 1. The second kappa shape index (κ2) is 3.97. The van der Waals surface area contributed by atoms with E-state index in [4.69, 9.17) is 5.26 Å². The predicted molar refractivity (Wildman–Crippen MR) is 43.3 cm³/mol. The molecule has 0 radical (unpaired) electrons. The van der Waals surface area contributed by atoms with Gasteiger partial charge in [0.1, 0.15) is 6.07 Å². The Bertz CT molecular complexity index is 471. The van der Waals surface area contributed by atoms with Gasteiger partial charge in [0.25, 0.3) is 0 Å². The van der Waals surface area contributed by atoms with Crippen LogP contribution >= 0.6 is 0 Å². The first-order valence-electron chi connectivity index (χ1n) is 3.71. The summed E-state index contributed by atoms with van der Waals surface area (Å²) in [6, 6.07) is 8.08. The monoisotopic (exact) mass is 193 g/mol. The number of carbonyl (C=O) groups excluding carboxylic acids is 1. The van der Waals surface area contributed by atoms with E-state index >= 15 is 0 Å². The number of ketones is 1. The number of hydrogen-bond donors (Lipinski definition) is 0. The standard InChI is InChI=1S/C10H5NO2.Na/c11-5-8-9(12)6-3-1-2-4-7(6)10(8)13;/h1-4,12H;/q;+1/p-1. The average molecular weight is 193 g/mol. The molecule has 14 heavy (non-hydrogen) atoms. The molecule has 62 valence electrons. The van der Waals surface area contributed by atoms with Crippen molar-refractivity contribution in [1.29, 1.82) is 5.26 Å². The molecule has 0 aliphatic heterocycles. The topological polar surface area (TPSA) is 63.9 Å². The van der Waals surface area contributed by atoms with Crippen molar-refractivity contribution in [3.8, 4) is 6.07 Å². The second-order valence-corrected chi connectivity index (χ2v) is 2.69. The summed E-state index contributed by atoms with van der Waals surface area (Å²) in [4.78, 5) is 11.4. The number of Topliss-reactive ketones (excluding diaryl/α,β-unsaturated/α-hetero) is 1. The number of hydrogen-bond acceptors (Lipinski definition) is 3. The maximum Gasteiger partial charge on any atom is 1.00 e. The molecule has 1 aliphatic rings. The van der Waals surface area contributed by atoms with Gasteiger partial charge < -0.3 is 5.11 Å². The van der Waals surface area contributed by atoms with E-state index < -0.39 is 11.5 Å². The Balaban J connectivity index is 0.000000980. The first kappa shape index (κ1) is 11.0. The number of rotatable bonds is 0. The van der Waals surface area contributed by atoms with Crippen molar-refractivity contribution in [2.45, 2.75) is 0 Å². The van der Waals surface area contributed by atoms with Crippen molar-refractivity contribution in [3.63, 3.8) is 0 Å². The molecule has 2 rings (SSSR count). The van der Waals surface area contributed by atoms with Crippen molar-refractivity contribution in [3.05, 3.63) is 41.0 Å². The van der Waals surface area contributed by atoms with E-state index in [1.54, 1.807) is 30.3 Å². The number of fused-ring (bicyclic) bond motifs is 1. The third-order valence-electron chi connectivity index (χ3n) is 1.98. The first-order chi connectivity index (χ1) is 6.25. The summed E-state index contributed by atoms with van der Waals surface area (Å²) in [5, 5.41) is 19.9. The summed E-state index contributed by atoms with van der Waals surface area (Å²) >= 11 is 0. The zero-order chi connectivity index (χ0) is 9.42. The van der Waals surface area contributed by atoms with Gasteiger partial charge in [-0.3, -0.25) is 4.79 Å². The minimum Gasteiger partial charge on any atom is -0.871 e. The summed E-state index contributed by atoms with van der Waals surface area (Å²) in [6.45, 7) is 0. The molecule has 0 heterocycles. The summed E-state index contributed by atoms with van der Waals surface area (Å²) in [6.07, 6.45) is 0. The van der Waals surface area contributed by atoms with Crippen LogP contribution in [0.25, 0.3) is 5.76 Å². The Labute approximate surface area is 103 Å². The fourth-order valence-corrected chi connectivity index (χ4v) is 1.35. The minimum absolute atomic E-state index is 0. The minimum atomic E-state index is -0.455. The molecular formula is C10H4NNaO2. The van der Waals surface area contributed by atoms with Gasteiger partial charge in [0.05, 0.1) is 5.57 Å². The van der Waals surface area contributed by atoms with Crippen LogP contribution < -0.4 is 34.7 Å². The van der Waals surface area contributed by atoms with Crippen molar-refractivity contribution >= 4 is 11.5 Å². The van der Waals surface area contributed by atoms with E-state index in [0.717, 1.165) is 0 Å². The molecule has 0 saturated heterocycles. The Morgan fingerprint density at radius 1 is 1.21 bits per heavy atom. The largest absolute Gasteiger partial charge is 1.00 e. The molecule has 0 spiro atoms. The van der Waals surface area contributed by atoms with Crippen LogP contribution in [-0.4, -0.2) is 5.78 Å². The fourth-order valence-electron chi connectivity index (χ4n) is 1.35. The third-order valence-corrected chi connectivity index (χ3v) is 1.98. The zero-order valence-corrected chi connectivity index (χ0v) is 9.57. The summed E-state index contributed by atoms with van der Waals surface area (Å²) in [5.41, 5.74) is 0.398. The van der Waals surface area contributed by atoms with Gasteiger partial charge in [-0.1, -0.05) is 30.0 Å². The summed E-state index contributed by atoms with van der Waals surface area (Å²) < 4.78 is 0. The van der Waals surface area contributed by atoms with Crippen LogP contribution in [0.5, 0.6) is 0 Å². The number of nitriles is 1. The van der Waals surface area contributed by atoms with Crippen LogP contribution in [0.4, 0.5) is 0 Å². The van der Waals surface area contributed by atoms with E-state index in [1.807, 2.05) is 0 Å². The van der Waals surface area contributed by atoms with Crippen molar-refractivity contribution in [1.82, 2.24) is 0 Å². The maximum atomic E-state index is 11.4. The van der Waals surface area contributed by atoms with Crippen LogP contribution in [0.3, 0.4) is 0 Å². The van der Waals surface area contributed by atoms with E-state index in [2.05, 4.69) is 0 Å². The first-order valence-corrected chi connectivity index (χ1v) is 3.71. The van der Waals surface area contributed by atoms with Gasteiger partial charge in [0.2, 0.25) is 5.78 Å². The van der Waals surface area contributed by atoms with Crippen LogP contribution in [-0.2, 0) is 0 Å². The Morgan fingerprint density at radius 2 is 1.79 bits per heavy atom. The van der Waals surface area contributed by atoms with Crippen molar-refractivity contribution < 1.29 is 39.5 Å². The Morgan fingerprint density at radius 3 is 2.29 bits per heavy atom. The second-order valence-electron chi connectivity index (χ2n) is 2.69. The summed E-state index contributed by atoms with van der Waals surface area (Å²) in [7, 11) is 0. The number of allylic oxidation sites excluding steroid dienone is 1. The summed E-state index contributed by atoms with van der Waals surface area (Å²) in [5.74, 6) is -0.911. The smallest absolute Gasteiger partial charge is 0.871 e. The average Bonchev–Trinajstić information content (AvgIpc) is 2.41. The maximum absolute atomic E-state index is 11.4. The fraction of sp³-hybridized carbons (Fsp3) is 0. The van der Waals surface area contributed by atoms with Gasteiger partial charge in [0.15, 0.2) is 0 Å². The van der Waals surface area contributed by atoms with Gasteiger partial charge in [-0.25, -0.2) is 0 Å². The molecule has 0 unspecified atom stereocenters. The van der Waals surface area contributed by atoms with Crippen LogP contribution in [0, 0.1) is 11.3 Å². The van der Waals surface area contributed by atoms with Crippen LogP contribution in [0.1, 0.15) is 15.9 Å². The van der Waals surface area contributed by atoms with Gasteiger partial charge in [-0.15, -0.1) is 0 Å². The molecule has 0 amide bonds. The molecule has 1 aliphatic carbocycles. The molecule has 0 aromatic heterocycles. The van der Waals surface area contributed by atoms with E-state index in [0.29, 0.717) is 11.1 Å². The molecular weight excluding hydrogens is 189 g/mol. The SMILES string of the molecule is N#CC1=C([O-])c2ccccc2C1=O.[Na+]. The van der Waals surface area contributed by atoms with Crippen molar-refractivity contribution in [2.75, 3.05) is 0 Å². The molecule has 1 aromatic carbocycles. The molecule has 4 heteroatoms.